The second-order valence-electron chi connectivity index (χ2n) is 10.2. The minimum Gasteiger partial charge on any atom is -0.444 e. The Kier molecular flexibility index (Phi) is 10.3. The molecule has 0 fully saturated rings. The summed E-state index contributed by atoms with van der Waals surface area (Å²) in [4.78, 5) is 41.2. The third-order valence-corrected chi connectivity index (χ3v) is 6.29. The summed E-state index contributed by atoms with van der Waals surface area (Å²) in [7, 11) is 0. The smallest absolute Gasteiger partial charge is 0.408 e. The molecule has 0 aliphatic heterocycles. The molecule has 7 heteroatoms. The Morgan fingerprint density at radius 3 is 2.27 bits per heavy atom. The second kappa shape index (κ2) is 13.0. The van der Waals surface area contributed by atoms with Crippen LogP contribution in [0.1, 0.15) is 69.3 Å². The zero-order valence-electron chi connectivity index (χ0n) is 22.9. The fourth-order valence-electron chi connectivity index (χ4n) is 3.88. The number of nitrogens with zero attached hydrogens (tertiary/aromatic N) is 1. The van der Waals surface area contributed by atoms with Gasteiger partial charge in [-0.05, 0) is 62.8 Å². The molecule has 198 valence electrons. The highest BCUT2D eigenvalue weighted by atomic mass is 16.6. The molecule has 0 aromatic heterocycles. The lowest BCUT2D eigenvalue weighted by atomic mass is 9.93. The number of aryl methyl sites for hydroxylation is 1. The average molecular weight is 506 g/mol. The number of hydrogen-bond donors (Lipinski definition) is 2. The summed E-state index contributed by atoms with van der Waals surface area (Å²) in [5.74, 6) is -1.23. The number of nitrogens with one attached hydrogen (secondary N) is 2. The Bertz CT molecular complexity index is 1130. The Morgan fingerprint density at radius 1 is 1.05 bits per heavy atom. The van der Waals surface area contributed by atoms with Gasteiger partial charge < -0.3 is 15.4 Å². The van der Waals surface area contributed by atoms with Gasteiger partial charge in [-0.2, -0.15) is 0 Å². The highest BCUT2D eigenvalue weighted by Gasteiger charge is 2.38. The minimum absolute atomic E-state index is 0.262. The molecular formula is C30H39N3O4. The van der Waals surface area contributed by atoms with Crippen LogP contribution in [0.5, 0.6) is 0 Å². The number of ether oxygens (including phenoxy) is 1. The zero-order valence-corrected chi connectivity index (χ0v) is 22.9. The van der Waals surface area contributed by atoms with Crippen LogP contribution in [0, 0.1) is 32.2 Å². The average Bonchev–Trinajstić information content (AvgIpc) is 2.85. The molecule has 3 unspecified atom stereocenters. The van der Waals surface area contributed by atoms with E-state index in [-0.39, 0.29) is 12.5 Å². The fourth-order valence-corrected chi connectivity index (χ4v) is 3.88. The lowest BCUT2D eigenvalue weighted by Crippen LogP contribution is -2.54. The van der Waals surface area contributed by atoms with Gasteiger partial charge in [0.15, 0.2) is 0 Å². The van der Waals surface area contributed by atoms with Gasteiger partial charge in [-0.15, -0.1) is 0 Å². The number of rotatable bonds is 9. The molecule has 0 spiro atoms. The van der Waals surface area contributed by atoms with Crippen molar-refractivity contribution >= 4 is 17.9 Å². The lowest BCUT2D eigenvalue weighted by Gasteiger charge is -2.33. The maximum atomic E-state index is 13.9. The third kappa shape index (κ3) is 8.11. The first-order valence-corrected chi connectivity index (χ1v) is 12.6. The van der Waals surface area contributed by atoms with Gasteiger partial charge in [-0.1, -0.05) is 75.2 Å². The second-order valence-corrected chi connectivity index (χ2v) is 10.2. The van der Waals surface area contributed by atoms with E-state index >= 15 is 0 Å². The molecule has 0 saturated heterocycles. The van der Waals surface area contributed by atoms with E-state index in [1.165, 1.54) is 0 Å². The normalized spacial score (nSPS) is 13.5. The van der Waals surface area contributed by atoms with Crippen LogP contribution < -0.4 is 10.6 Å². The highest BCUT2D eigenvalue weighted by Crippen LogP contribution is 2.28. The van der Waals surface area contributed by atoms with E-state index in [0.29, 0.717) is 12.0 Å². The summed E-state index contributed by atoms with van der Waals surface area (Å²) >= 11 is 0. The molecule has 0 aliphatic carbocycles. The van der Waals surface area contributed by atoms with Crippen LogP contribution in [0.4, 0.5) is 4.79 Å². The van der Waals surface area contributed by atoms with Crippen molar-refractivity contribution in [1.82, 2.24) is 15.5 Å². The van der Waals surface area contributed by atoms with Crippen molar-refractivity contribution in [1.29, 1.82) is 0 Å². The van der Waals surface area contributed by atoms with Crippen molar-refractivity contribution in [2.45, 2.75) is 79.1 Å². The molecule has 3 atom stereocenters. The van der Waals surface area contributed by atoms with Gasteiger partial charge >= 0.3 is 6.09 Å². The first-order chi connectivity index (χ1) is 17.4. The molecule has 7 nitrogen and oxygen atoms in total. The van der Waals surface area contributed by atoms with Crippen molar-refractivity contribution in [3.63, 3.8) is 0 Å². The Labute approximate surface area is 221 Å². The first kappa shape index (κ1) is 29.4. The predicted octanol–water partition coefficient (Wildman–Crippen LogP) is 5.02. The summed E-state index contributed by atoms with van der Waals surface area (Å²) in [6.45, 7) is 13.1. The van der Waals surface area contributed by atoms with Gasteiger partial charge in [-0.3, -0.25) is 14.5 Å². The molecule has 2 N–H and O–H groups in total. The Morgan fingerprint density at radius 2 is 1.70 bits per heavy atom. The molecule has 0 radical (unpaired) electrons. The number of amides is 3. The number of terminal acetylenes is 1. The van der Waals surface area contributed by atoms with Gasteiger partial charge in [0.25, 0.3) is 5.91 Å². The van der Waals surface area contributed by atoms with E-state index in [2.05, 4.69) is 16.7 Å². The summed E-state index contributed by atoms with van der Waals surface area (Å²) in [6, 6.07) is 15.4. The monoisotopic (exact) mass is 505 g/mol. The van der Waals surface area contributed by atoms with Crippen molar-refractivity contribution in [2.24, 2.45) is 5.92 Å². The number of hydrogen-bond acceptors (Lipinski definition) is 4. The van der Waals surface area contributed by atoms with Crippen molar-refractivity contribution in [3.8, 4) is 12.5 Å². The van der Waals surface area contributed by atoms with Crippen LogP contribution in [0.25, 0.3) is 0 Å². The van der Waals surface area contributed by atoms with Crippen molar-refractivity contribution in [3.05, 3.63) is 70.8 Å². The van der Waals surface area contributed by atoms with E-state index in [0.717, 1.165) is 21.6 Å². The maximum Gasteiger partial charge on any atom is 0.408 e. The van der Waals surface area contributed by atoms with Crippen LogP contribution in [-0.4, -0.2) is 34.5 Å². The van der Waals surface area contributed by atoms with Gasteiger partial charge in [0.05, 0.1) is 0 Å². The van der Waals surface area contributed by atoms with Gasteiger partial charge in [0, 0.05) is 12.6 Å². The molecule has 3 amide bonds. The summed E-state index contributed by atoms with van der Waals surface area (Å²) in [6.07, 6.45) is 5.76. The summed E-state index contributed by atoms with van der Waals surface area (Å²) < 4.78 is 5.39. The summed E-state index contributed by atoms with van der Waals surface area (Å²) in [5, 5.41) is 5.62. The Balaban J connectivity index is 2.47. The van der Waals surface area contributed by atoms with Crippen molar-refractivity contribution < 1.29 is 19.1 Å². The predicted molar refractivity (Wildman–Crippen MR) is 145 cm³/mol. The molecule has 2 aromatic rings. The lowest BCUT2D eigenvalue weighted by molar-refractivity contribution is -0.139. The quantitative estimate of drug-likeness (QED) is 0.370. The van der Waals surface area contributed by atoms with Gasteiger partial charge in [-0.25, -0.2) is 4.79 Å². The molecule has 37 heavy (non-hydrogen) atoms. The van der Waals surface area contributed by atoms with E-state index in [9.17, 15) is 14.4 Å². The first-order valence-electron chi connectivity index (χ1n) is 12.6. The number of carbonyl (C=O) groups is 3. The molecule has 0 heterocycles. The minimum atomic E-state index is -1.09. The topological polar surface area (TPSA) is 87.7 Å². The molecule has 0 bridgehead atoms. The molecule has 2 rings (SSSR count). The van der Waals surface area contributed by atoms with Crippen LogP contribution in [-0.2, 0) is 20.9 Å². The SMILES string of the molecule is C#CN(C(=O)C(NC(=O)OC(C)(C)C)C(C)CC)C(C(=O)NCc1ccccc1)c1cccc(C)c1C. The number of benzene rings is 2. The van der Waals surface area contributed by atoms with E-state index in [4.69, 9.17) is 11.2 Å². The zero-order chi connectivity index (χ0) is 27.8. The molecule has 0 saturated carbocycles. The molecular weight excluding hydrogens is 466 g/mol. The third-order valence-electron chi connectivity index (χ3n) is 6.29. The number of alkyl carbamates (subject to hydrolysis) is 1. The Hall–Kier alpha value is -3.79. The highest BCUT2D eigenvalue weighted by molar-refractivity contribution is 5.93. The standard InChI is InChI=1S/C30H39N3O4/c1-9-20(3)25(32-29(36)37-30(6,7)8)28(35)33(10-2)26(24-18-14-15-21(4)22(24)5)27(34)31-19-23-16-12-11-13-17-23/h2,11-18,20,25-26H,9,19H2,1,3-8H3,(H,31,34)(H,32,36). The van der Waals surface area contributed by atoms with E-state index in [1.54, 1.807) is 26.8 Å². The molecule has 0 aliphatic rings. The summed E-state index contributed by atoms with van der Waals surface area (Å²) in [5.41, 5.74) is 2.62. The van der Waals surface area contributed by atoms with E-state index in [1.807, 2.05) is 70.2 Å². The van der Waals surface area contributed by atoms with Crippen LogP contribution in [0.2, 0.25) is 0 Å². The van der Waals surface area contributed by atoms with E-state index < -0.39 is 35.6 Å². The van der Waals surface area contributed by atoms with Gasteiger partial charge in [0.1, 0.15) is 17.7 Å². The molecule has 2 aromatic carbocycles. The maximum absolute atomic E-state index is 13.9. The van der Waals surface area contributed by atoms with Crippen LogP contribution >= 0.6 is 0 Å². The van der Waals surface area contributed by atoms with Gasteiger partial charge in [0.2, 0.25) is 5.91 Å². The largest absolute Gasteiger partial charge is 0.444 e. The van der Waals surface area contributed by atoms with Crippen LogP contribution in [0.3, 0.4) is 0 Å². The van der Waals surface area contributed by atoms with Crippen LogP contribution in [0.15, 0.2) is 48.5 Å². The fraction of sp³-hybridized carbons (Fsp3) is 0.433. The number of carbonyl (C=O) groups excluding carboxylic acids is 3. The van der Waals surface area contributed by atoms with Crippen molar-refractivity contribution in [2.75, 3.05) is 0 Å².